The van der Waals surface area contributed by atoms with Crippen LogP contribution in [0.25, 0.3) is 0 Å². The summed E-state index contributed by atoms with van der Waals surface area (Å²) in [7, 11) is 0. The lowest BCUT2D eigenvalue weighted by Crippen LogP contribution is -2.33. The van der Waals surface area contributed by atoms with Gasteiger partial charge in [0.25, 0.3) is 0 Å². The number of rotatable bonds is 7. The summed E-state index contributed by atoms with van der Waals surface area (Å²) in [5.74, 6) is 0.563. The lowest BCUT2D eigenvalue weighted by atomic mass is 9.96. The predicted molar refractivity (Wildman–Crippen MR) is 71.6 cm³/mol. The maximum absolute atomic E-state index is 13.4. The molecule has 2 heteroatoms. The average molecular weight is 237 g/mol. The molecule has 0 spiro atoms. The van der Waals surface area contributed by atoms with Gasteiger partial charge in [0.05, 0.1) is 0 Å². The Hall–Kier alpha value is -0.890. The van der Waals surface area contributed by atoms with Gasteiger partial charge in [0.1, 0.15) is 5.82 Å². The molecule has 1 nitrogen and oxygen atoms in total. The van der Waals surface area contributed by atoms with Gasteiger partial charge in [-0.05, 0) is 43.4 Å². The van der Waals surface area contributed by atoms with E-state index in [0.29, 0.717) is 12.0 Å². The predicted octanol–water partition coefficient (Wildman–Crippen LogP) is 3.78. The average Bonchev–Trinajstić information content (AvgIpc) is 2.30. The highest BCUT2D eigenvalue weighted by Crippen LogP contribution is 2.14. The van der Waals surface area contributed by atoms with Crippen LogP contribution in [-0.2, 0) is 6.42 Å². The van der Waals surface area contributed by atoms with Crippen LogP contribution in [0.3, 0.4) is 0 Å². The minimum atomic E-state index is -0.0722. The van der Waals surface area contributed by atoms with E-state index in [9.17, 15) is 4.39 Å². The lowest BCUT2D eigenvalue weighted by Gasteiger charge is -2.21. The van der Waals surface area contributed by atoms with Crippen molar-refractivity contribution in [2.75, 3.05) is 6.54 Å². The van der Waals surface area contributed by atoms with Crippen LogP contribution in [0.5, 0.6) is 0 Å². The molecule has 1 rings (SSSR count). The molecule has 0 saturated carbocycles. The van der Waals surface area contributed by atoms with E-state index in [4.69, 9.17) is 0 Å². The van der Waals surface area contributed by atoms with E-state index in [1.165, 1.54) is 0 Å². The van der Waals surface area contributed by atoms with Gasteiger partial charge >= 0.3 is 0 Å². The highest BCUT2D eigenvalue weighted by Gasteiger charge is 2.11. The normalized spacial score (nSPS) is 13.0. The summed E-state index contributed by atoms with van der Waals surface area (Å²) in [5, 5.41) is 3.49. The number of halogens is 1. The van der Waals surface area contributed by atoms with Crippen LogP contribution in [0.4, 0.5) is 4.39 Å². The van der Waals surface area contributed by atoms with E-state index in [-0.39, 0.29) is 5.82 Å². The summed E-state index contributed by atoms with van der Waals surface area (Å²) in [6.07, 6.45) is 2.98. The molecule has 0 aliphatic heterocycles. The van der Waals surface area contributed by atoms with Gasteiger partial charge in [-0.1, -0.05) is 39.0 Å². The quantitative estimate of drug-likeness (QED) is 0.761. The molecular formula is C15H24FN. The van der Waals surface area contributed by atoms with E-state index >= 15 is 0 Å². The Kier molecular flexibility index (Phi) is 6.20. The first-order valence-electron chi connectivity index (χ1n) is 6.62. The second-order valence-corrected chi connectivity index (χ2v) is 4.89. The standard InChI is InChI=1S/C15H24FN/c1-4-17-15(12(2)3)11-7-9-13-8-5-6-10-14(13)16/h5-6,8,10,12,15,17H,4,7,9,11H2,1-3H3. The maximum Gasteiger partial charge on any atom is 0.126 e. The Labute approximate surface area is 104 Å². The van der Waals surface area contributed by atoms with Crippen LogP contribution in [0.2, 0.25) is 0 Å². The van der Waals surface area contributed by atoms with Gasteiger partial charge in [0.2, 0.25) is 0 Å². The molecule has 0 radical (unpaired) electrons. The molecule has 0 aliphatic carbocycles. The summed E-state index contributed by atoms with van der Waals surface area (Å²) in [6, 6.07) is 7.62. The lowest BCUT2D eigenvalue weighted by molar-refractivity contribution is 0.376. The van der Waals surface area contributed by atoms with Crippen molar-refractivity contribution in [3.63, 3.8) is 0 Å². The second-order valence-electron chi connectivity index (χ2n) is 4.89. The van der Waals surface area contributed by atoms with E-state index in [0.717, 1.165) is 31.4 Å². The Morgan fingerprint density at radius 1 is 1.24 bits per heavy atom. The van der Waals surface area contributed by atoms with E-state index in [1.54, 1.807) is 12.1 Å². The molecule has 1 N–H and O–H groups in total. The van der Waals surface area contributed by atoms with Crippen LogP contribution in [-0.4, -0.2) is 12.6 Å². The van der Waals surface area contributed by atoms with E-state index < -0.39 is 0 Å². The number of aryl methyl sites for hydroxylation is 1. The molecule has 0 heterocycles. The first kappa shape index (κ1) is 14.2. The van der Waals surface area contributed by atoms with Crippen molar-refractivity contribution in [1.29, 1.82) is 0 Å². The van der Waals surface area contributed by atoms with Crippen molar-refractivity contribution in [2.24, 2.45) is 5.92 Å². The highest BCUT2D eigenvalue weighted by molar-refractivity contribution is 5.17. The Bertz CT molecular complexity index is 322. The van der Waals surface area contributed by atoms with Crippen molar-refractivity contribution in [2.45, 2.75) is 46.1 Å². The largest absolute Gasteiger partial charge is 0.314 e. The fourth-order valence-electron chi connectivity index (χ4n) is 2.15. The summed E-state index contributed by atoms with van der Waals surface area (Å²) in [6.45, 7) is 7.60. The smallest absolute Gasteiger partial charge is 0.126 e. The van der Waals surface area contributed by atoms with Gasteiger partial charge in [0, 0.05) is 6.04 Å². The van der Waals surface area contributed by atoms with Crippen LogP contribution >= 0.6 is 0 Å². The van der Waals surface area contributed by atoms with Crippen molar-refractivity contribution >= 4 is 0 Å². The summed E-state index contributed by atoms with van der Waals surface area (Å²) in [5.41, 5.74) is 0.839. The first-order chi connectivity index (χ1) is 8.15. The molecule has 1 atom stereocenters. The van der Waals surface area contributed by atoms with Crippen LogP contribution < -0.4 is 5.32 Å². The molecule has 1 unspecified atom stereocenters. The zero-order valence-electron chi connectivity index (χ0n) is 11.2. The van der Waals surface area contributed by atoms with Gasteiger partial charge in [-0.15, -0.1) is 0 Å². The summed E-state index contributed by atoms with van der Waals surface area (Å²) < 4.78 is 13.4. The Morgan fingerprint density at radius 2 is 1.94 bits per heavy atom. The molecule has 0 fully saturated rings. The van der Waals surface area contributed by atoms with Gasteiger partial charge in [-0.2, -0.15) is 0 Å². The molecule has 96 valence electrons. The molecule has 1 aromatic carbocycles. The number of hydrogen-bond acceptors (Lipinski definition) is 1. The minimum Gasteiger partial charge on any atom is -0.314 e. The van der Waals surface area contributed by atoms with Crippen LogP contribution in [0.1, 0.15) is 39.2 Å². The van der Waals surface area contributed by atoms with Crippen molar-refractivity contribution in [3.8, 4) is 0 Å². The van der Waals surface area contributed by atoms with Gasteiger partial charge < -0.3 is 5.32 Å². The molecule has 0 saturated heterocycles. The van der Waals surface area contributed by atoms with Crippen molar-refractivity contribution in [1.82, 2.24) is 5.32 Å². The van der Waals surface area contributed by atoms with E-state index in [1.807, 2.05) is 12.1 Å². The molecule has 0 amide bonds. The van der Waals surface area contributed by atoms with Gasteiger partial charge in [0.15, 0.2) is 0 Å². The fraction of sp³-hybridized carbons (Fsp3) is 0.600. The fourth-order valence-corrected chi connectivity index (χ4v) is 2.15. The van der Waals surface area contributed by atoms with Gasteiger partial charge in [-0.3, -0.25) is 0 Å². The third-order valence-electron chi connectivity index (χ3n) is 3.19. The third kappa shape index (κ3) is 4.86. The number of nitrogens with one attached hydrogen (secondary N) is 1. The topological polar surface area (TPSA) is 12.0 Å². The number of hydrogen-bond donors (Lipinski definition) is 1. The zero-order chi connectivity index (χ0) is 12.7. The second kappa shape index (κ2) is 7.44. The first-order valence-corrected chi connectivity index (χ1v) is 6.62. The van der Waals surface area contributed by atoms with Crippen LogP contribution in [0, 0.1) is 11.7 Å². The van der Waals surface area contributed by atoms with Crippen molar-refractivity contribution in [3.05, 3.63) is 35.6 Å². The molecule has 0 bridgehead atoms. The number of benzene rings is 1. The Morgan fingerprint density at radius 3 is 2.53 bits per heavy atom. The summed E-state index contributed by atoms with van der Waals surface area (Å²) >= 11 is 0. The monoisotopic (exact) mass is 237 g/mol. The molecule has 0 aromatic heterocycles. The summed E-state index contributed by atoms with van der Waals surface area (Å²) in [4.78, 5) is 0. The molecular weight excluding hydrogens is 213 g/mol. The van der Waals surface area contributed by atoms with Crippen LogP contribution in [0.15, 0.2) is 24.3 Å². The zero-order valence-corrected chi connectivity index (χ0v) is 11.2. The molecule has 1 aromatic rings. The minimum absolute atomic E-state index is 0.0722. The molecule has 17 heavy (non-hydrogen) atoms. The molecule has 0 aliphatic rings. The Balaban J connectivity index is 2.38. The third-order valence-corrected chi connectivity index (χ3v) is 3.19. The van der Waals surface area contributed by atoms with E-state index in [2.05, 4.69) is 26.1 Å². The van der Waals surface area contributed by atoms with Gasteiger partial charge in [-0.25, -0.2) is 4.39 Å². The highest BCUT2D eigenvalue weighted by atomic mass is 19.1. The van der Waals surface area contributed by atoms with Crippen molar-refractivity contribution < 1.29 is 4.39 Å². The SMILES string of the molecule is CCNC(CCCc1ccccc1F)C(C)C. The maximum atomic E-state index is 13.4.